The summed E-state index contributed by atoms with van der Waals surface area (Å²) in [5.41, 5.74) is -1.62. The second kappa shape index (κ2) is 3.96. The van der Waals surface area contributed by atoms with Crippen LogP contribution in [0.3, 0.4) is 0 Å². The lowest BCUT2D eigenvalue weighted by Gasteiger charge is -2.43. The van der Waals surface area contributed by atoms with Crippen LogP contribution in [-0.4, -0.2) is 26.3 Å². The normalized spacial score (nSPS) is 22.5. The van der Waals surface area contributed by atoms with Crippen molar-refractivity contribution in [3.63, 3.8) is 0 Å². The van der Waals surface area contributed by atoms with Crippen molar-refractivity contribution in [3.05, 3.63) is 21.7 Å². The molecule has 0 fully saturated rings. The Labute approximate surface area is 115 Å². The second-order valence-corrected chi connectivity index (χ2v) is 6.33. The van der Waals surface area contributed by atoms with Crippen LogP contribution in [0.15, 0.2) is 10.9 Å². The van der Waals surface area contributed by atoms with Crippen molar-refractivity contribution in [2.45, 2.75) is 39.8 Å². The highest BCUT2D eigenvalue weighted by Gasteiger charge is 2.51. The van der Waals surface area contributed by atoms with E-state index in [0.717, 1.165) is 0 Å². The second-order valence-electron chi connectivity index (χ2n) is 5.95. The fourth-order valence-corrected chi connectivity index (χ4v) is 2.48. The molecule has 1 amide bonds. The molecule has 104 valence electrons. The van der Waals surface area contributed by atoms with Gasteiger partial charge in [-0.15, -0.1) is 0 Å². The highest BCUT2D eigenvalue weighted by molar-refractivity contribution is 6.29. The first-order valence-electron chi connectivity index (χ1n) is 5.88. The highest BCUT2D eigenvalue weighted by Crippen LogP contribution is 2.44. The van der Waals surface area contributed by atoms with E-state index < -0.39 is 17.3 Å². The quantitative estimate of drug-likeness (QED) is 0.742. The zero-order valence-electron chi connectivity index (χ0n) is 11.3. The molecule has 1 unspecified atom stereocenters. The van der Waals surface area contributed by atoms with E-state index in [1.54, 1.807) is 0 Å². The fraction of sp³-hybridized carbons (Fsp3) is 0.583. The summed E-state index contributed by atoms with van der Waals surface area (Å²) in [7, 11) is 0. The van der Waals surface area contributed by atoms with Gasteiger partial charge in [0.15, 0.2) is 0 Å². The molecule has 2 rings (SSSR count). The summed E-state index contributed by atoms with van der Waals surface area (Å²) >= 11 is 5.76. The maximum atomic E-state index is 11.9. The van der Waals surface area contributed by atoms with Crippen LogP contribution in [0, 0.1) is 5.41 Å². The van der Waals surface area contributed by atoms with Crippen LogP contribution in [0.4, 0.5) is 10.6 Å². The first kappa shape index (κ1) is 13.9. The summed E-state index contributed by atoms with van der Waals surface area (Å²) in [4.78, 5) is 28.3. The molecule has 1 aromatic rings. The minimum atomic E-state index is -1.11. The molecule has 1 aromatic heterocycles. The molecule has 0 aromatic carbocycles. The van der Waals surface area contributed by atoms with E-state index in [4.69, 9.17) is 11.6 Å². The Bertz CT molecular complexity index is 605. The topological polar surface area (TPSA) is 75.4 Å². The molecule has 1 atom stereocenters. The molecule has 0 radical (unpaired) electrons. The molecule has 0 bridgehead atoms. The van der Waals surface area contributed by atoms with Crippen molar-refractivity contribution in [2.75, 3.05) is 4.90 Å². The van der Waals surface area contributed by atoms with Gasteiger partial charge in [-0.05, 0) is 12.3 Å². The summed E-state index contributed by atoms with van der Waals surface area (Å²) in [6.07, 6.45) is -1.11. The molecule has 0 spiro atoms. The molecule has 0 saturated carbocycles. The zero-order valence-corrected chi connectivity index (χ0v) is 12.0. The number of carbonyl (C=O) groups is 1. The number of aromatic nitrogens is 2. The lowest BCUT2D eigenvalue weighted by Crippen LogP contribution is -2.55. The molecule has 0 saturated heterocycles. The van der Waals surface area contributed by atoms with Crippen LogP contribution in [0.25, 0.3) is 0 Å². The van der Waals surface area contributed by atoms with Crippen molar-refractivity contribution in [1.82, 2.24) is 9.55 Å². The summed E-state index contributed by atoms with van der Waals surface area (Å²) in [5, 5.41) is 9.49. The van der Waals surface area contributed by atoms with Crippen LogP contribution in [0.5, 0.6) is 0 Å². The molecule has 2 heterocycles. The first-order chi connectivity index (χ1) is 8.58. The Hall–Kier alpha value is -1.56. The average molecular weight is 286 g/mol. The number of amides is 1. The van der Waals surface area contributed by atoms with Gasteiger partial charge in [-0.25, -0.2) is 9.59 Å². The standard InChI is InChI=1S/C12H16ClN3O3/c1-11(2,3)12(4)6-15-8(16(12)10(18)19)5-7(13)14-9(15)17/h5H,6H2,1-4H3,(H,18,19). The maximum absolute atomic E-state index is 11.9. The minimum absolute atomic E-state index is 0.000610. The smallest absolute Gasteiger partial charge is 0.413 e. The number of hydrogen-bond acceptors (Lipinski definition) is 3. The van der Waals surface area contributed by atoms with Crippen LogP contribution >= 0.6 is 11.6 Å². The number of rotatable bonds is 0. The van der Waals surface area contributed by atoms with E-state index in [2.05, 4.69) is 4.98 Å². The van der Waals surface area contributed by atoms with E-state index >= 15 is 0 Å². The summed E-state index contributed by atoms with van der Waals surface area (Å²) in [5.74, 6) is 0.273. The largest absolute Gasteiger partial charge is 0.465 e. The minimum Gasteiger partial charge on any atom is -0.465 e. The van der Waals surface area contributed by atoms with Gasteiger partial charge in [0.25, 0.3) is 0 Å². The summed E-state index contributed by atoms with van der Waals surface area (Å²) in [6, 6.07) is 1.41. The number of carboxylic acid groups (broad SMARTS) is 1. The molecule has 6 nitrogen and oxygen atoms in total. The van der Waals surface area contributed by atoms with Gasteiger partial charge in [-0.3, -0.25) is 9.47 Å². The molecule has 1 aliphatic heterocycles. The van der Waals surface area contributed by atoms with Gasteiger partial charge < -0.3 is 5.11 Å². The lowest BCUT2D eigenvalue weighted by atomic mass is 9.74. The van der Waals surface area contributed by atoms with Gasteiger partial charge in [0.1, 0.15) is 11.0 Å². The predicted molar refractivity (Wildman–Crippen MR) is 71.9 cm³/mol. The molecule has 0 aliphatic carbocycles. The van der Waals surface area contributed by atoms with Gasteiger partial charge in [0.2, 0.25) is 0 Å². The zero-order chi connectivity index (χ0) is 14.6. The third-order valence-electron chi connectivity index (χ3n) is 3.95. The van der Waals surface area contributed by atoms with Crippen molar-refractivity contribution in [1.29, 1.82) is 0 Å². The number of halogens is 1. The Morgan fingerprint density at radius 3 is 2.58 bits per heavy atom. The van der Waals surface area contributed by atoms with Gasteiger partial charge in [0, 0.05) is 6.07 Å². The Balaban J connectivity index is 2.72. The number of anilines is 1. The van der Waals surface area contributed by atoms with Crippen molar-refractivity contribution >= 4 is 23.5 Å². The van der Waals surface area contributed by atoms with Crippen LogP contribution < -0.4 is 10.6 Å². The molecule has 1 N–H and O–H groups in total. The summed E-state index contributed by atoms with van der Waals surface area (Å²) in [6.45, 7) is 7.90. The van der Waals surface area contributed by atoms with E-state index in [1.807, 2.05) is 27.7 Å². The Morgan fingerprint density at radius 2 is 2.11 bits per heavy atom. The van der Waals surface area contributed by atoms with Crippen molar-refractivity contribution < 1.29 is 9.90 Å². The Morgan fingerprint density at radius 1 is 1.53 bits per heavy atom. The van der Waals surface area contributed by atoms with Gasteiger partial charge in [-0.1, -0.05) is 32.4 Å². The van der Waals surface area contributed by atoms with E-state index in [0.29, 0.717) is 0 Å². The molecule has 7 heteroatoms. The third-order valence-corrected chi connectivity index (χ3v) is 4.15. The maximum Gasteiger partial charge on any atom is 0.413 e. The van der Waals surface area contributed by atoms with E-state index in [-0.39, 0.29) is 22.9 Å². The average Bonchev–Trinajstić information content (AvgIpc) is 2.51. The van der Waals surface area contributed by atoms with Crippen LogP contribution in [0.1, 0.15) is 27.7 Å². The lowest BCUT2D eigenvalue weighted by molar-refractivity contribution is 0.158. The van der Waals surface area contributed by atoms with Gasteiger partial charge >= 0.3 is 11.8 Å². The van der Waals surface area contributed by atoms with E-state index in [9.17, 15) is 14.7 Å². The Kier molecular flexibility index (Phi) is 2.89. The number of nitrogens with zero attached hydrogens (tertiary/aromatic N) is 3. The monoisotopic (exact) mass is 285 g/mol. The first-order valence-corrected chi connectivity index (χ1v) is 6.26. The molecular formula is C12H16ClN3O3. The predicted octanol–water partition coefficient (Wildman–Crippen LogP) is 2.20. The van der Waals surface area contributed by atoms with Crippen LogP contribution in [-0.2, 0) is 6.54 Å². The van der Waals surface area contributed by atoms with Crippen LogP contribution in [0.2, 0.25) is 5.15 Å². The summed E-state index contributed by atoms with van der Waals surface area (Å²) < 4.78 is 1.35. The van der Waals surface area contributed by atoms with Gasteiger partial charge in [0.05, 0.1) is 12.1 Å². The number of hydrogen-bond donors (Lipinski definition) is 1. The number of fused-ring (bicyclic) bond motifs is 1. The van der Waals surface area contributed by atoms with Gasteiger partial charge in [-0.2, -0.15) is 4.98 Å². The van der Waals surface area contributed by atoms with Crippen molar-refractivity contribution in [3.8, 4) is 0 Å². The molecule has 19 heavy (non-hydrogen) atoms. The van der Waals surface area contributed by atoms with Crippen molar-refractivity contribution in [2.24, 2.45) is 5.41 Å². The van der Waals surface area contributed by atoms with E-state index in [1.165, 1.54) is 15.5 Å². The molecular weight excluding hydrogens is 270 g/mol. The highest BCUT2D eigenvalue weighted by atomic mass is 35.5. The molecule has 1 aliphatic rings. The fourth-order valence-electron chi connectivity index (χ4n) is 2.31. The third kappa shape index (κ3) is 1.90. The SMILES string of the molecule is CC(C)(C)C1(C)Cn2c(cc(Cl)nc2=O)N1C(=O)O.